The van der Waals surface area contributed by atoms with Crippen LogP contribution in [0.4, 0.5) is 4.79 Å². The second kappa shape index (κ2) is 9.49. The van der Waals surface area contributed by atoms with Crippen molar-refractivity contribution in [3.63, 3.8) is 0 Å². The van der Waals surface area contributed by atoms with Crippen LogP contribution in [0.25, 0.3) is 11.1 Å². The van der Waals surface area contributed by atoms with E-state index >= 15 is 0 Å². The van der Waals surface area contributed by atoms with Crippen LogP contribution in [-0.4, -0.2) is 53.2 Å². The normalized spacial score (nSPS) is 22.3. The largest absolute Gasteiger partial charge is 0.480 e. The van der Waals surface area contributed by atoms with Crippen LogP contribution in [0.15, 0.2) is 48.5 Å². The SMILES string of the molecule is CC(C(=O)O)N(C)C(=O)C1CCCCC1(C)NC(=O)OCC1c2ccccc2-c2ccccc21. The number of carbonyl (C=O) groups excluding carboxylic acids is 2. The Morgan fingerprint density at radius 1 is 1.09 bits per heavy atom. The number of hydrogen-bond donors (Lipinski definition) is 2. The first-order chi connectivity index (χ1) is 16.2. The molecule has 0 bridgehead atoms. The highest BCUT2D eigenvalue weighted by Gasteiger charge is 2.44. The number of carboxylic acid groups (broad SMARTS) is 1. The number of ether oxygens (including phenoxy) is 1. The number of nitrogens with one attached hydrogen (secondary N) is 1. The van der Waals surface area contributed by atoms with Gasteiger partial charge in [-0.1, -0.05) is 61.4 Å². The summed E-state index contributed by atoms with van der Waals surface area (Å²) in [4.78, 5) is 38.7. The van der Waals surface area contributed by atoms with Crippen molar-refractivity contribution in [1.29, 1.82) is 0 Å². The van der Waals surface area contributed by atoms with E-state index < -0.39 is 29.6 Å². The second-order valence-corrected chi connectivity index (χ2v) is 9.63. The number of hydrogen-bond acceptors (Lipinski definition) is 4. The fraction of sp³-hybridized carbons (Fsp3) is 0.444. The molecule has 3 atom stereocenters. The molecule has 1 saturated carbocycles. The van der Waals surface area contributed by atoms with Gasteiger partial charge in [-0.25, -0.2) is 9.59 Å². The highest BCUT2D eigenvalue weighted by molar-refractivity contribution is 5.86. The first-order valence-electron chi connectivity index (χ1n) is 11.9. The maximum Gasteiger partial charge on any atom is 0.407 e. The molecule has 2 amide bonds. The summed E-state index contributed by atoms with van der Waals surface area (Å²) in [5, 5.41) is 12.3. The number of amides is 2. The van der Waals surface area contributed by atoms with Gasteiger partial charge in [0.15, 0.2) is 0 Å². The summed E-state index contributed by atoms with van der Waals surface area (Å²) in [5.74, 6) is -1.88. The van der Waals surface area contributed by atoms with Gasteiger partial charge in [-0.2, -0.15) is 0 Å². The maximum absolute atomic E-state index is 13.2. The standard InChI is InChI=1S/C27H32N2O5/c1-17(25(31)32)29(3)24(30)23-14-8-9-15-27(23,2)28-26(33)34-16-22-20-12-6-4-10-18(20)19-11-5-7-13-21(19)22/h4-7,10-13,17,22-23H,8-9,14-16H2,1-3H3,(H,28,33)(H,31,32). The summed E-state index contributed by atoms with van der Waals surface area (Å²) in [6.07, 6.45) is 2.40. The summed E-state index contributed by atoms with van der Waals surface area (Å²) >= 11 is 0. The Balaban J connectivity index is 1.46. The second-order valence-electron chi connectivity index (χ2n) is 9.63. The minimum Gasteiger partial charge on any atom is -0.480 e. The lowest BCUT2D eigenvalue weighted by molar-refractivity contribution is -0.151. The lowest BCUT2D eigenvalue weighted by Crippen LogP contribution is -2.59. The van der Waals surface area contributed by atoms with E-state index in [1.54, 1.807) is 0 Å². The summed E-state index contributed by atoms with van der Waals surface area (Å²) < 4.78 is 5.71. The third-order valence-electron chi connectivity index (χ3n) is 7.52. The minimum absolute atomic E-state index is 0.0442. The van der Waals surface area contributed by atoms with E-state index in [-0.39, 0.29) is 18.4 Å². The van der Waals surface area contributed by atoms with E-state index in [0.717, 1.165) is 35.1 Å². The molecule has 2 N–H and O–H groups in total. The van der Waals surface area contributed by atoms with Crippen molar-refractivity contribution in [2.45, 2.75) is 57.0 Å². The monoisotopic (exact) mass is 464 g/mol. The molecule has 180 valence electrons. The van der Waals surface area contributed by atoms with Gasteiger partial charge in [-0.15, -0.1) is 0 Å². The number of benzene rings is 2. The van der Waals surface area contributed by atoms with Crippen LogP contribution in [0.2, 0.25) is 0 Å². The van der Waals surface area contributed by atoms with Crippen molar-refractivity contribution in [3.05, 3.63) is 59.7 Å². The number of nitrogens with zero attached hydrogens (tertiary/aromatic N) is 1. The molecule has 2 aliphatic rings. The molecule has 0 aromatic heterocycles. The molecule has 0 heterocycles. The summed E-state index contributed by atoms with van der Waals surface area (Å²) in [6.45, 7) is 3.54. The first-order valence-corrected chi connectivity index (χ1v) is 11.9. The van der Waals surface area contributed by atoms with E-state index in [9.17, 15) is 19.5 Å². The number of alkyl carbamates (subject to hydrolysis) is 1. The van der Waals surface area contributed by atoms with Crippen LogP contribution < -0.4 is 5.32 Å². The quantitative estimate of drug-likeness (QED) is 0.660. The van der Waals surface area contributed by atoms with Crippen molar-refractivity contribution >= 4 is 18.0 Å². The molecule has 7 heteroatoms. The zero-order chi connectivity index (χ0) is 24.5. The van der Waals surface area contributed by atoms with E-state index in [4.69, 9.17) is 4.74 Å². The van der Waals surface area contributed by atoms with Gasteiger partial charge >= 0.3 is 12.1 Å². The highest BCUT2D eigenvalue weighted by Crippen LogP contribution is 2.44. The number of carbonyl (C=O) groups is 3. The van der Waals surface area contributed by atoms with Crippen LogP contribution in [0.5, 0.6) is 0 Å². The molecule has 2 aromatic rings. The van der Waals surface area contributed by atoms with E-state index in [2.05, 4.69) is 29.6 Å². The van der Waals surface area contributed by atoms with Gasteiger partial charge in [0.2, 0.25) is 5.91 Å². The molecule has 0 aliphatic heterocycles. The van der Waals surface area contributed by atoms with Gasteiger partial charge < -0.3 is 20.1 Å². The Bertz CT molecular complexity index is 1050. The minimum atomic E-state index is -1.06. The smallest absolute Gasteiger partial charge is 0.407 e. The predicted octanol–water partition coefficient (Wildman–Crippen LogP) is 4.41. The summed E-state index contributed by atoms with van der Waals surface area (Å²) in [5.41, 5.74) is 3.79. The van der Waals surface area contributed by atoms with Gasteiger partial charge in [0.25, 0.3) is 0 Å². The van der Waals surface area contributed by atoms with Crippen LogP contribution in [-0.2, 0) is 14.3 Å². The molecule has 0 radical (unpaired) electrons. The summed E-state index contributed by atoms with van der Waals surface area (Å²) in [6, 6.07) is 15.4. The Morgan fingerprint density at radius 2 is 1.68 bits per heavy atom. The Hall–Kier alpha value is -3.35. The van der Waals surface area contributed by atoms with Gasteiger partial charge in [0, 0.05) is 13.0 Å². The number of rotatable bonds is 6. The van der Waals surface area contributed by atoms with Crippen molar-refractivity contribution < 1.29 is 24.2 Å². The van der Waals surface area contributed by atoms with Gasteiger partial charge in [0.1, 0.15) is 12.6 Å². The Morgan fingerprint density at radius 3 is 2.26 bits per heavy atom. The highest BCUT2D eigenvalue weighted by atomic mass is 16.5. The molecule has 4 rings (SSSR count). The van der Waals surface area contributed by atoms with Crippen molar-refractivity contribution in [1.82, 2.24) is 10.2 Å². The molecule has 3 unspecified atom stereocenters. The molecule has 34 heavy (non-hydrogen) atoms. The average Bonchev–Trinajstić information content (AvgIpc) is 3.15. The van der Waals surface area contributed by atoms with Crippen molar-refractivity contribution in [2.24, 2.45) is 5.92 Å². The predicted molar refractivity (Wildman–Crippen MR) is 128 cm³/mol. The van der Waals surface area contributed by atoms with Crippen molar-refractivity contribution in [2.75, 3.05) is 13.7 Å². The number of aliphatic carboxylic acids is 1. The molecule has 7 nitrogen and oxygen atoms in total. The Labute approximate surface area is 200 Å². The van der Waals surface area contributed by atoms with Crippen LogP contribution in [0.3, 0.4) is 0 Å². The van der Waals surface area contributed by atoms with Crippen LogP contribution in [0.1, 0.15) is 56.6 Å². The lowest BCUT2D eigenvalue weighted by Gasteiger charge is -2.42. The van der Waals surface area contributed by atoms with E-state index in [0.29, 0.717) is 12.8 Å². The molecule has 2 aliphatic carbocycles. The third-order valence-corrected chi connectivity index (χ3v) is 7.52. The summed E-state index contributed by atoms with van der Waals surface area (Å²) in [7, 11) is 1.50. The maximum atomic E-state index is 13.2. The lowest BCUT2D eigenvalue weighted by atomic mass is 9.73. The van der Waals surface area contributed by atoms with Crippen LogP contribution in [0, 0.1) is 5.92 Å². The van der Waals surface area contributed by atoms with E-state index in [1.807, 2.05) is 31.2 Å². The van der Waals surface area contributed by atoms with Gasteiger partial charge in [-0.3, -0.25) is 4.79 Å². The molecular weight excluding hydrogens is 432 g/mol. The average molecular weight is 465 g/mol. The molecule has 0 spiro atoms. The van der Waals surface area contributed by atoms with Crippen LogP contribution >= 0.6 is 0 Å². The number of likely N-dealkylation sites (N-methyl/N-ethyl adjacent to an activating group) is 1. The molecule has 1 fully saturated rings. The fourth-order valence-electron chi connectivity index (χ4n) is 5.35. The topological polar surface area (TPSA) is 95.9 Å². The van der Waals surface area contributed by atoms with Crippen molar-refractivity contribution in [3.8, 4) is 11.1 Å². The van der Waals surface area contributed by atoms with Gasteiger partial charge in [-0.05, 0) is 48.9 Å². The Kier molecular flexibility index (Phi) is 6.64. The zero-order valence-electron chi connectivity index (χ0n) is 19.9. The molecular formula is C27H32N2O5. The zero-order valence-corrected chi connectivity index (χ0v) is 19.9. The first kappa shape index (κ1) is 23.8. The molecule has 2 aromatic carbocycles. The third kappa shape index (κ3) is 4.39. The molecule has 0 saturated heterocycles. The number of carboxylic acids is 1. The van der Waals surface area contributed by atoms with E-state index in [1.165, 1.54) is 18.9 Å². The fourth-order valence-corrected chi connectivity index (χ4v) is 5.35. The van der Waals surface area contributed by atoms with Gasteiger partial charge in [0.05, 0.1) is 11.5 Å². The number of fused-ring (bicyclic) bond motifs is 3.